The Labute approximate surface area is 220 Å². The van der Waals surface area contributed by atoms with Crippen LogP contribution in [0.4, 0.5) is 30.7 Å². The molecule has 39 heavy (non-hydrogen) atoms. The van der Waals surface area contributed by atoms with E-state index < -0.39 is 80.4 Å². The van der Waals surface area contributed by atoms with Crippen LogP contribution in [-0.2, 0) is 31.5 Å². The number of nitrogens with one attached hydrogen (secondary N) is 1. The zero-order valence-corrected chi connectivity index (χ0v) is 21.6. The molecule has 4 atom stereocenters. The number of hydrogen-bond donors (Lipinski definition) is 1. The van der Waals surface area contributed by atoms with Crippen LogP contribution >= 0.6 is 0 Å². The largest absolute Gasteiger partial charge is 0.426 e. The summed E-state index contributed by atoms with van der Waals surface area (Å²) in [6, 6.07) is 6.52. The van der Waals surface area contributed by atoms with Gasteiger partial charge in [-0.3, -0.25) is 4.79 Å². The van der Waals surface area contributed by atoms with Gasteiger partial charge in [-0.2, -0.15) is 13.2 Å². The predicted molar refractivity (Wildman–Crippen MR) is 127 cm³/mol. The van der Waals surface area contributed by atoms with Crippen LogP contribution < -0.4 is 5.32 Å². The number of carbonyl (C=O) groups excluding carboxylic acids is 1. The second kappa shape index (κ2) is 8.94. The summed E-state index contributed by atoms with van der Waals surface area (Å²) in [5.41, 5.74) is -3.94. The summed E-state index contributed by atoms with van der Waals surface area (Å²) in [5, 5.41) is 2.59. The highest BCUT2D eigenvalue weighted by Crippen LogP contribution is 2.59. The zero-order chi connectivity index (χ0) is 28.6. The summed E-state index contributed by atoms with van der Waals surface area (Å²) in [5.74, 6) is -5.78. The molecule has 4 nitrogen and oxygen atoms in total. The lowest BCUT2D eigenvalue weighted by molar-refractivity contribution is -0.228. The second-order valence-electron chi connectivity index (χ2n) is 11.0. The fraction of sp³-hybridized carbons (Fsp3) is 0.519. The third kappa shape index (κ3) is 4.33. The van der Waals surface area contributed by atoms with E-state index in [1.54, 1.807) is 0 Å². The van der Waals surface area contributed by atoms with Crippen LogP contribution in [0.3, 0.4) is 0 Å². The molecule has 0 bridgehead atoms. The first kappa shape index (κ1) is 27.9. The molecule has 0 saturated heterocycles. The van der Waals surface area contributed by atoms with Gasteiger partial charge in [0.15, 0.2) is 9.84 Å². The van der Waals surface area contributed by atoms with Gasteiger partial charge in [0.05, 0.1) is 4.90 Å². The number of benzene rings is 2. The molecule has 2 aromatic rings. The molecular formula is C27H26F7NO3S. The minimum absolute atomic E-state index is 0.0746. The second-order valence-corrected chi connectivity index (χ2v) is 13.2. The van der Waals surface area contributed by atoms with Gasteiger partial charge >= 0.3 is 6.18 Å². The Morgan fingerprint density at radius 3 is 2.23 bits per heavy atom. The highest BCUT2D eigenvalue weighted by Gasteiger charge is 2.62. The van der Waals surface area contributed by atoms with Crippen LogP contribution in [0.15, 0.2) is 47.4 Å². The van der Waals surface area contributed by atoms with Crippen molar-refractivity contribution >= 4 is 15.7 Å². The molecule has 2 fully saturated rings. The number of amides is 1. The van der Waals surface area contributed by atoms with Crippen molar-refractivity contribution in [3.8, 4) is 0 Å². The van der Waals surface area contributed by atoms with Crippen LogP contribution in [0.25, 0.3) is 0 Å². The molecular weight excluding hydrogens is 551 g/mol. The average Bonchev–Trinajstić information content (AvgIpc) is 3.24. The monoisotopic (exact) mass is 577 g/mol. The van der Waals surface area contributed by atoms with Gasteiger partial charge < -0.3 is 5.32 Å². The van der Waals surface area contributed by atoms with E-state index in [1.807, 2.05) is 0 Å². The average molecular weight is 578 g/mol. The lowest BCUT2D eigenvalue weighted by Gasteiger charge is -2.43. The maximum atomic E-state index is 14.8. The van der Waals surface area contributed by atoms with Crippen LogP contribution in [0, 0.1) is 17.7 Å². The van der Waals surface area contributed by atoms with E-state index in [0.29, 0.717) is 6.92 Å². The van der Waals surface area contributed by atoms with E-state index in [2.05, 4.69) is 5.32 Å². The van der Waals surface area contributed by atoms with Crippen molar-refractivity contribution in [3.63, 3.8) is 0 Å². The third-order valence-electron chi connectivity index (χ3n) is 8.65. The Balaban J connectivity index is 1.59. The number of sulfone groups is 1. The van der Waals surface area contributed by atoms with Crippen molar-refractivity contribution in [2.75, 3.05) is 0 Å². The maximum Gasteiger partial charge on any atom is 0.426 e. The molecule has 0 aliphatic heterocycles. The summed E-state index contributed by atoms with van der Waals surface area (Å²) in [4.78, 5) is 13.0. The molecule has 1 N–H and O–H groups in total. The van der Waals surface area contributed by atoms with Gasteiger partial charge in [-0.15, -0.1) is 0 Å². The molecule has 3 aliphatic rings. The molecule has 0 heterocycles. The molecule has 212 valence electrons. The highest BCUT2D eigenvalue weighted by atomic mass is 32.2. The Hall–Kier alpha value is -2.63. The van der Waals surface area contributed by atoms with Gasteiger partial charge in [0.25, 0.3) is 5.92 Å². The van der Waals surface area contributed by atoms with Crippen molar-refractivity contribution in [1.82, 2.24) is 5.32 Å². The summed E-state index contributed by atoms with van der Waals surface area (Å²) in [6.45, 7) is 0.394. The van der Waals surface area contributed by atoms with Crippen molar-refractivity contribution < 1.29 is 43.9 Å². The van der Waals surface area contributed by atoms with E-state index in [4.69, 9.17) is 0 Å². The minimum Gasteiger partial charge on any atom is -0.353 e. The standard InChI is InChI=1S/C27H26F7NO3S/c1-24(29,27(32,33)34)16-3-9-21-15(12-16)2-8-22-20(23(36)35-18-13-25(30,31)14-18)10-11-26(21,22)39(37,38)19-6-4-17(28)5-7-19/h3-7,9,12,18,20,22H,2,8,10-11,13-14H2,1H3,(H,35,36)/t20-,22+,24?,26-/m1/s1. The molecule has 0 aromatic heterocycles. The SMILES string of the molecule is CC(F)(c1ccc2c(c1)CC[C@H]1[C@H](C(=O)NC3CC(F)(F)C3)CC[C@@]21S(=O)(=O)c1ccc(F)cc1)C(F)(F)F. The first-order chi connectivity index (χ1) is 18.0. The molecule has 3 aliphatic carbocycles. The first-order valence-corrected chi connectivity index (χ1v) is 14.1. The first-order valence-electron chi connectivity index (χ1n) is 12.6. The van der Waals surface area contributed by atoms with E-state index in [0.717, 1.165) is 36.4 Å². The molecule has 2 aromatic carbocycles. The Morgan fingerprint density at radius 1 is 1.00 bits per heavy atom. The number of halogens is 7. The fourth-order valence-electron chi connectivity index (χ4n) is 6.52. The van der Waals surface area contributed by atoms with Crippen LogP contribution in [0.1, 0.15) is 55.7 Å². The van der Waals surface area contributed by atoms with Gasteiger partial charge in [0.1, 0.15) is 10.6 Å². The van der Waals surface area contributed by atoms with Crippen molar-refractivity contribution in [2.45, 2.75) is 78.9 Å². The number of alkyl halides is 6. The van der Waals surface area contributed by atoms with Crippen LogP contribution in [0.5, 0.6) is 0 Å². The Kier molecular flexibility index (Phi) is 6.40. The van der Waals surface area contributed by atoms with Gasteiger partial charge in [0.2, 0.25) is 11.6 Å². The summed E-state index contributed by atoms with van der Waals surface area (Å²) in [6.07, 6.45) is -6.03. The number of rotatable bonds is 5. The molecule has 5 rings (SSSR count). The lowest BCUT2D eigenvalue weighted by atomic mass is 9.72. The van der Waals surface area contributed by atoms with Gasteiger partial charge in [-0.25, -0.2) is 26.0 Å². The van der Waals surface area contributed by atoms with Gasteiger partial charge in [-0.1, -0.05) is 18.2 Å². The van der Waals surface area contributed by atoms with Crippen LogP contribution in [0.2, 0.25) is 0 Å². The van der Waals surface area contributed by atoms with E-state index in [-0.39, 0.29) is 41.7 Å². The quantitative estimate of drug-likeness (QED) is 0.344. The zero-order valence-electron chi connectivity index (χ0n) is 20.8. The Bertz CT molecular complexity index is 1400. The van der Waals surface area contributed by atoms with Crippen molar-refractivity contribution in [3.05, 3.63) is 65.0 Å². The molecule has 1 unspecified atom stereocenters. The van der Waals surface area contributed by atoms with Crippen molar-refractivity contribution in [1.29, 1.82) is 0 Å². The predicted octanol–water partition coefficient (Wildman–Crippen LogP) is 6.13. The summed E-state index contributed by atoms with van der Waals surface area (Å²) < 4.78 is 122. The molecule has 1 amide bonds. The Morgan fingerprint density at radius 2 is 1.64 bits per heavy atom. The number of fused-ring (bicyclic) bond motifs is 3. The van der Waals surface area contributed by atoms with E-state index in [9.17, 15) is 43.9 Å². The molecule has 0 spiro atoms. The molecule has 12 heteroatoms. The fourth-order valence-corrected chi connectivity index (χ4v) is 8.99. The number of hydrogen-bond acceptors (Lipinski definition) is 3. The maximum absolute atomic E-state index is 14.8. The van der Waals surface area contributed by atoms with E-state index >= 15 is 0 Å². The van der Waals surface area contributed by atoms with Gasteiger partial charge in [-0.05, 0) is 79.5 Å². The minimum atomic E-state index is -5.20. The molecule has 2 saturated carbocycles. The highest BCUT2D eigenvalue weighted by molar-refractivity contribution is 7.92. The smallest absolute Gasteiger partial charge is 0.353 e. The number of aryl methyl sites for hydroxylation is 1. The number of carbonyl (C=O) groups is 1. The summed E-state index contributed by atoms with van der Waals surface area (Å²) in [7, 11) is -4.36. The topological polar surface area (TPSA) is 63.2 Å². The van der Waals surface area contributed by atoms with Crippen molar-refractivity contribution in [2.24, 2.45) is 11.8 Å². The normalized spacial score (nSPS) is 28.1. The summed E-state index contributed by atoms with van der Waals surface area (Å²) >= 11 is 0. The molecule has 0 radical (unpaired) electrons. The third-order valence-corrected chi connectivity index (χ3v) is 11.2. The van der Waals surface area contributed by atoms with E-state index in [1.165, 1.54) is 6.07 Å². The lowest BCUT2D eigenvalue weighted by Crippen LogP contribution is -2.53. The van der Waals surface area contributed by atoms with Gasteiger partial charge in [0, 0.05) is 24.8 Å². The van der Waals surface area contributed by atoms with Crippen LogP contribution in [-0.4, -0.2) is 32.5 Å².